The van der Waals surface area contributed by atoms with Crippen molar-refractivity contribution in [1.29, 1.82) is 0 Å². The number of aryl methyl sites for hydroxylation is 1. The quantitative estimate of drug-likeness (QED) is 0.624. The number of H-pyrrole nitrogens is 1. The normalized spacial score (nSPS) is 11.4. The number of carbonyl (C=O) groups is 1. The van der Waals surface area contributed by atoms with Crippen LogP contribution in [0.1, 0.15) is 23.7 Å². The highest BCUT2D eigenvalue weighted by Gasteiger charge is 2.33. The van der Waals surface area contributed by atoms with Gasteiger partial charge in [0.25, 0.3) is 5.56 Å². The van der Waals surface area contributed by atoms with E-state index in [1.54, 1.807) is 6.92 Å². The lowest BCUT2D eigenvalue weighted by Gasteiger charge is -2.13. The van der Waals surface area contributed by atoms with Crippen molar-refractivity contribution in [3.05, 3.63) is 51.4 Å². The van der Waals surface area contributed by atoms with Crippen LogP contribution in [0.2, 0.25) is 0 Å². The third-order valence-electron chi connectivity index (χ3n) is 3.40. The van der Waals surface area contributed by atoms with Gasteiger partial charge >= 0.3 is 6.18 Å². The molecule has 0 unspecified atom stereocenters. The summed E-state index contributed by atoms with van der Waals surface area (Å²) in [6, 6.07) is 4.74. The Bertz CT molecular complexity index is 834. The molecule has 2 rings (SSSR count). The number of amides is 1. The van der Waals surface area contributed by atoms with Crippen LogP contribution < -0.4 is 10.9 Å². The number of benzene rings is 1. The van der Waals surface area contributed by atoms with Crippen molar-refractivity contribution in [2.45, 2.75) is 31.6 Å². The summed E-state index contributed by atoms with van der Waals surface area (Å²) in [5.74, 6) is -0.804. The van der Waals surface area contributed by atoms with Crippen molar-refractivity contribution >= 4 is 23.4 Å². The molecule has 0 radical (unpaired) electrons. The van der Waals surface area contributed by atoms with E-state index in [1.807, 2.05) is 6.92 Å². The average molecular weight is 371 g/mol. The number of hydrogen-bond acceptors (Lipinski definition) is 4. The van der Waals surface area contributed by atoms with Crippen LogP contribution in [0.25, 0.3) is 0 Å². The van der Waals surface area contributed by atoms with Gasteiger partial charge in [0, 0.05) is 11.3 Å². The van der Waals surface area contributed by atoms with Crippen molar-refractivity contribution in [3.63, 3.8) is 0 Å². The number of halogens is 3. The molecule has 1 aromatic carbocycles. The van der Waals surface area contributed by atoms with E-state index in [4.69, 9.17) is 0 Å². The van der Waals surface area contributed by atoms with Gasteiger partial charge in [0.2, 0.25) is 5.91 Å². The highest BCUT2D eigenvalue weighted by atomic mass is 32.2. The number of aromatic amines is 1. The van der Waals surface area contributed by atoms with Crippen LogP contribution in [-0.4, -0.2) is 21.6 Å². The first-order chi connectivity index (χ1) is 11.7. The van der Waals surface area contributed by atoms with Gasteiger partial charge in [0.1, 0.15) is 0 Å². The van der Waals surface area contributed by atoms with E-state index < -0.39 is 17.6 Å². The van der Waals surface area contributed by atoms with Crippen molar-refractivity contribution in [2.24, 2.45) is 0 Å². The standard InChI is InChI=1S/C16H16F3N3O2S/c1-3-10-9(2)20-15(22-14(10)24)25-8-13(23)21-12-7-5-4-6-11(12)16(17,18)19/h4-7H,3,8H2,1-2H3,(H,21,23)(H,20,22,24). The van der Waals surface area contributed by atoms with E-state index in [-0.39, 0.29) is 22.2 Å². The predicted octanol–water partition coefficient (Wildman–Crippen LogP) is 3.39. The summed E-state index contributed by atoms with van der Waals surface area (Å²) in [5.41, 5.74) is -0.368. The zero-order valence-corrected chi connectivity index (χ0v) is 14.3. The van der Waals surface area contributed by atoms with E-state index in [0.717, 1.165) is 17.8 Å². The van der Waals surface area contributed by atoms with Gasteiger partial charge < -0.3 is 10.3 Å². The van der Waals surface area contributed by atoms with Gasteiger partial charge in [-0.1, -0.05) is 30.8 Å². The minimum atomic E-state index is -4.56. The van der Waals surface area contributed by atoms with Crippen LogP contribution in [0.5, 0.6) is 0 Å². The highest BCUT2D eigenvalue weighted by Crippen LogP contribution is 2.34. The second kappa shape index (κ2) is 7.73. The van der Waals surface area contributed by atoms with Gasteiger partial charge in [-0.15, -0.1) is 0 Å². The smallest absolute Gasteiger partial charge is 0.325 e. The van der Waals surface area contributed by atoms with Crippen LogP contribution in [0.4, 0.5) is 18.9 Å². The Morgan fingerprint density at radius 2 is 2.00 bits per heavy atom. The maximum absolute atomic E-state index is 12.9. The molecule has 5 nitrogen and oxygen atoms in total. The van der Waals surface area contributed by atoms with Crippen molar-refractivity contribution in [1.82, 2.24) is 9.97 Å². The van der Waals surface area contributed by atoms with Crippen LogP contribution in [-0.2, 0) is 17.4 Å². The Morgan fingerprint density at radius 3 is 2.60 bits per heavy atom. The molecule has 2 aromatic rings. The minimum Gasteiger partial charge on any atom is -0.325 e. The molecule has 0 fully saturated rings. The molecule has 9 heteroatoms. The number of alkyl halides is 3. The molecule has 0 aliphatic heterocycles. The van der Waals surface area contributed by atoms with E-state index >= 15 is 0 Å². The number of nitrogens with one attached hydrogen (secondary N) is 2. The lowest BCUT2D eigenvalue weighted by atomic mass is 10.1. The molecule has 25 heavy (non-hydrogen) atoms. The van der Waals surface area contributed by atoms with Gasteiger partial charge in [-0.2, -0.15) is 13.2 Å². The summed E-state index contributed by atoms with van der Waals surface area (Å²) in [6.07, 6.45) is -4.02. The highest BCUT2D eigenvalue weighted by molar-refractivity contribution is 7.99. The van der Waals surface area contributed by atoms with E-state index in [2.05, 4.69) is 15.3 Å². The van der Waals surface area contributed by atoms with Gasteiger partial charge in [0.15, 0.2) is 5.16 Å². The maximum Gasteiger partial charge on any atom is 0.418 e. The molecule has 0 aliphatic carbocycles. The molecule has 134 valence electrons. The van der Waals surface area contributed by atoms with Crippen LogP contribution in [0.15, 0.2) is 34.2 Å². The number of hydrogen-bond donors (Lipinski definition) is 2. The number of thioether (sulfide) groups is 1. The monoisotopic (exact) mass is 371 g/mol. The van der Waals surface area contributed by atoms with E-state index in [9.17, 15) is 22.8 Å². The fourth-order valence-electron chi connectivity index (χ4n) is 2.23. The molecule has 2 N–H and O–H groups in total. The fourth-order valence-corrected chi connectivity index (χ4v) is 2.94. The Balaban J connectivity index is 2.07. The first-order valence-electron chi connectivity index (χ1n) is 7.41. The molecular weight excluding hydrogens is 355 g/mol. The van der Waals surface area contributed by atoms with E-state index in [0.29, 0.717) is 17.7 Å². The molecule has 0 bridgehead atoms. The summed E-state index contributed by atoms with van der Waals surface area (Å²) in [4.78, 5) is 30.5. The van der Waals surface area contributed by atoms with Gasteiger partial charge in [-0.3, -0.25) is 9.59 Å². The number of nitrogens with zero attached hydrogens (tertiary/aromatic N) is 1. The first-order valence-corrected chi connectivity index (χ1v) is 8.39. The molecule has 0 aliphatic rings. The summed E-state index contributed by atoms with van der Waals surface area (Å²) in [7, 11) is 0. The fraction of sp³-hybridized carbons (Fsp3) is 0.312. The number of para-hydroxylation sites is 1. The zero-order chi connectivity index (χ0) is 18.6. The Kier molecular flexibility index (Phi) is 5.89. The summed E-state index contributed by atoms with van der Waals surface area (Å²) < 4.78 is 38.7. The first kappa shape index (κ1) is 19.0. The zero-order valence-electron chi connectivity index (χ0n) is 13.5. The number of aromatic nitrogens is 2. The number of carbonyl (C=O) groups excluding carboxylic acids is 1. The van der Waals surface area contributed by atoms with Gasteiger partial charge in [-0.25, -0.2) is 4.98 Å². The summed E-state index contributed by atoms with van der Waals surface area (Å²) >= 11 is 0.949. The second-order valence-electron chi connectivity index (χ2n) is 5.17. The SMILES string of the molecule is CCc1c(C)nc(SCC(=O)Nc2ccccc2C(F)(F)F)[nH]c1=O. The maximum atomic E-state index is 12.9. The molecule has 0 saturated carbocycles. The third-order valence-corrected chi connectivity index (χ3v) is 4.27. The van der Waals surface area contributed by atoms with Gasteiger partial charge in [-0.05, 0) is 25.5 Å². The second-order valence-corrected chi connectivity index (χ2v) is 6.13. The molecule has 0 saturated heterocycles. The topological polar surface area (TPSA) is 74.8 Å². The Labute approximate surface area is 146 Å². The summed E-state index contributed by atoms with van der Waals surface area (Å²) in [6.45, 7) is 3.52. The van der Waals surface area contributed by atoms with Gasteiger partial charge in [0.05, 0.1) is 17.0 Å². The summed E-state index contributed by atoms with van der Waals surface area (Å²) in [5, 5.41) is 2.49. The molecule has 1 amide bonds. The number of rotatable bonds is 5. The molecule has 0 spiro atoms. The van der Waals surface area contributed by atoms with Crippen molar-refractivity contribution in [2.75, 3.05) is 11.1 Å². The largest absolute Gasteiger partial charge is 0.418 e. The predicted molar refractivity (Wildman–Crippen MR) is 89.8 cm³/mol. The van der Waals surface area contributed by atoms with Crippen LogP contribution >= 0.6 is 11.8 Å². The Morgan fingerprint density at radius 1 is 1.32 bits per heavy atom. The minimum absolute atomic E-state index is 0.181. The Hall–Kier alpha value is -2.29. The van der Waals surface area contributed by atoms with Crippen molar-refractivity contribution in [3.8, 4) is 0 Å². The molecular formula is C16H16F3N3O2S. The van der Waals surface area contributed by atoms with Crippen LogP contribution in [0.3, 0.4) is 0 Å². The lowest BCUT2D eigenvalue weighted by molar-refractivity contribution is -0.137. The third kappa shape index (κ3) is 4.85. The number of anilines is 1. The average Bonchev–Trinajstić information content (AvgIpc) is 2.52. The molecule has 1 heterocycles. The lowest BCUT2D eigenvalue weighted by Crippen LogP contribution is -2.20. The van der Waals surface area contributed by atoms with E-state index in [1.165, 1.54) is 18.2 Å². The molecule has 0 atom stereocenters. The molecule has 1 aromatic heterocycles. The van der Waals surface area contributed by atoms with Crippen LogP contribution in [0, 0.1) is 6.92 Å². The van der Waals surface area contributed by atoms with Crippen molar-refractivity contribution < 1.29 is 18.0 Å².